The molecule has 0 radical (unpaired) electrons. The summed E-state index contributed by atoms with van der Waals surface area (Å²) in [4.78, 5) is 12.1. The van der Waals surface area contributed by atoms with Crippen molar-refractivity contribution in [1.82, 2.24) is 10.2 Å². The summed E-state index contributed by atoms with van der Waals surface area (Å²) in [7, 11) is -3.71. The van der Waals surface area contributed by atoms with Crippen LogP contribution in [0.1, 0.15) is 12.0 Å². The molecule has 0 saturated heterocycles. The van der Waals surface area contributed by atoms with Crippen molar-refractivity contribution in [2.24, 2.45) is 4.40 Å². The van der Waals surface area contributed by atoms with Gasteiger partial charge in [0.25, 0.3) is 10.0 Å². The van der Waals surface area contributed by atoms with Crippen LogP contribution in [0.4, 0.5) is 15.2 Å². The lowest BCUT2D eigenvalue weighted by molar-refractivity contribution is -0.115. The van der Waals surface area contributed by atoms with Gasteiger partial charge in [-0.05, 0) is 36.4 Å². The Kier molecular flexibility index (Phi) is 5.79. The Bertz CT molecular complexity index is 1230. The van der Waals surface area contributed by atoms with Gasteiger partial charge >= 0.3 is 0 Å². The second kappa shape index (κ2) is 8.50. The van der Waals surface area contributed by atoms with Crippen molar-refractivity contribution in [3.63, 3.8) is 0 Å². The molecule has 8 nitrogen and oxygen atoms in total. The number of amidine groups is 1. The zero-order valence-electron chi connectivity index (χ0n) is 15.2. The zero-order chi connectivity index (χ0) is 21.1. The number of fused-ring (bicyclic) bond motifs is 1. The van der Waals surface area contributed by atoms with E-state index in [-0.39, 0.29) is 28.9 Å². The molecule has 2 heterocycles. The van der Waals surface area contributed by atoms with E-state index in [1.165, 1.54) is 53.4 Å². The number of nitrogens with zero attached hydrogens (tertiary/aromatic N) is 3. The molecule has 154 valence electrons. The van der Waals surface area contributed by atoms with Gasteiger partial charge in [-0.2, -0.15) is 8.42 Å². The molecule has 12 heteroatoms. The van der Waals surface area contributed by atoms with E-state index in [2.05, 4.69) is 25.2 Å². The number of aromatic nitrogens is 2. The lowest BCUT2D eigenvalue weighted by Gasteiger charge is -2.04. The van der Waals surface area contributed by atoms with Gasteiger partial charge in [0.1, 0.15) is 10.7 Å². The molecule has 30 heavy (non-hydrogen) atoms. The minimum absolute atomic E-state index is 0.152. The summed E-state index contributed by atoms with van der Waals surface area (Å²) < 4.78 is 41.5. The average molecular weight is 464 g/mol. The van der Waals surface area contributed by atoms with E-state index in [1.807, 2.05) is 0 Å². The highest BCUT2D eigenvalue weighted by atomic mass is 32.2. The molecule has 0 bridgehead atoms. The minimum Gasteiger partial charge on any atom is -0.326 e. The summed E-state index contributed by atoms with van der Waals surface area (Å²) in [5, 5.41) is 14.0. The van der Waals surface area contributed by atoms with Gasteiger partial charge < -0.3 is 10.6 Å². The molecule has 2 N–H and O–H groups in total. The molecule has 1 amide bonds. The van der Waals surface area contributed by atoms with Gasteiger partial charge in [0.15, 0.2) is 10.2 Å². The molecule has 1 aromatic heterocycles. The first-order valence-corrected chi connectivity index (χ1v) is 11.9. The number of anilines is 2. The topological polar surface area (TPSA) is 113 Å². The second-order valence-electron chi connectivity index (χ2n) is 6.06. The summed E-state index contributed by atoms with van der Waals surface area (Å²) in [6.07, 6.45) is 0.239. The maximum Gasteiger partial charge on any atom is 0.285 e. The minimum atomic E-state index is -3.71. The standard InChI is InChI=1S/C18H14FN5O3S3/c19-11-5-7-12(8-6-11)20-15(25)9-10-28-18-23-22-17(29-18)21-16-13-3-1-2-4-14(13)30(26,27)24-16/h1-8H,9-10H2,(H,20,25)(H,21,22,24). The van der Waals surface area contributed by atoms with Crippen LogP contribution >= 0.6 is 23.1 Å². The molecule has 0 unspecified atom stereocenters. The molecule has 0 saturated carbocycles. The van der Waals surface area contributed by atoms with Crippen molar-refractivity contribution in [3.05, 3.63) is 59.9 Å². The van der Waals surface area contributed by atoms with Gasteiger partial charge in [0.2, 0.25) is 11.0 Å². The van der Waals surface area contributed by atoms with Gasteiger partial charge in [-0.25, -0.2) is 4.39 Å². The van der Waals surface area contributed by atoms with Crippen LogP contribution in [0.25, 0.3) is 0 Å². The van der Waals surface area contributed by atoms with Crippen molar-refractivity contribution in [2.45, 2.75) is 15.7 Å². The number of amides is 1. The van der Waals surface area contributed by atoms with E-state index in [4.69, 9.17) is 0 Å². The quantitative estimate of drug-likeness (QED) is 0.539. The number of hydrogen-bond acceptors (Lipinski definition) is 8. The van der Waals surface area contributed by atoms with Crippen molar-refractivity contribution in [1.29, 1.82) is 0 Å². The highest BCUT2D eigenvalue weighted by Gasteiger charge is 2.29. The summed E-state index contributed by atoms with van der Waals surface area (Å²) >= 11 is 2.58. The van der Waals surface area contributed by atoms with Gasteiger partial charge in [-0.3, -0.25) is 4.79 Å². The number of halogens is 1. The van der Waals surface area contributed by atoms with E-state index in [0.717, 1.165) is 0 Å². The fraction of sp³-hybridized carbons (Fsp3) is 0.111. The van der Waals surface area contributed by atoms with Gasteiger partial charge in [-0.1, -0.05) is 35.2 Å². The smallest absolute Gasteiger partial charge is 0.285 e. The Morgan fingerprint density at radius 2 is 1.87 bits per heavy atom. The Morgan fingerprint density at radius 1 is 1.10 bits per heavy atom. The highest BCUT2D eigenvalue weighted by Crippen LogP contribution is 2.30. The first-order chi connectivity index (χ1) is 14.4. The number of rotatable bonds is 6. The van der Waals surface area contributed by atoms with Crippen molar-refractivity contribution >= 4 is 55.7 Å². The lowest BCUT2D eigenvalue weighted by Crippen LogP contribution is -2.12. The zero-order valence-corrected chi connectivity index (χ0v) is 17.7. The van der Waals surface area contributed by atoms with Gasteiger partial charge in [0.05, 0.1) is 0 Å². The third-order valence-electron chi connectivity index (χ3n) is 3.95. The van der Waals surface area contributed by atoms with E-state index in [9.17, 15) is 17.6 Å². The lowest BCUT2D eigenvalue weighted by atomic mass is 10.2. The van der Waals surface area contributed by atoms with Crippen molar-refractivity contribution in [2.75, 3.05) is 16.4 Å². The summed E-state index contributed by atoms with van der Waals surface area (Å²) in [6.45, 7) is 0. The summed E-state index contributed by atoms with van der Waals surface area (Å²) in [6, 6.07) is 12.1. The molecule has 2 aromatic carbocycles. The molecule has 3 aromatic rings. The fourth-order valence-corrected chi connectivity index (χ4v) is 5.54. The van der Waals surface area contributed by atoms with Crippen LogP contribution in [0, 0.1) is 5.82 Å². The summed E-state index contributed by atoms with van der Waals surface area (Å²) in [5.74, 6) is 0.116. The molecule has 0 spiro atoms. The maximum atomic E-state index is 12.9. The highest BCUT2D eigenvalue weighted by molar-refractivity contribution is 8.01. The molecule has 1 aliphatic heterocycles. The molecule has 4 rings (SSSR count). The van der Waals surface area contributed by atoms with Crippen LogP contribution in [0.2, 0.25) is 0 Å². The van der Waals surface area contributed by atoms with E-state index >= 15 is 0 Å². The number of hydrogen-bond donors (Lipinski definition) is 2. The molecule has 1 aliphatic rings. The van der Waals surface area contributed by atoms with Crippen LogP contribution in [-0.4, -0.2) is 36.1 Å². The largest absolute Gasteiger partial charge is 0.326 e. The third-order valence-corrected chi connectivity index (χ3v) is 7.25. The Hall–Kier alpha value is -2.83. The molecule has 0 aliphatic carbocycles. The number of benzene rings is 2. The normalized spacial score (nSPS) is 14.1. The van der Waals surface area contributed by atoms with Crippen LogP contribution in [0.5, 0.6) is 0 Å². The Labute approximate surface area is 179 Å². The molecule has 0 fully saturated rings. The maximum absolute atomic E-state index is 12.9. The average Bonchev–Trinajstić information content (AvgIpc) is 3.26. The van der Waals surface area contributed by atoms with Crippen molar-refractivity contribution in [3.8, 4) is 0 Å². The van der Waals surface area contributed by atoms with Gasteiger partial charge in [0, 0.05) is 23.4 Å². The SMILES string of the molecule is O=C(CCSc1nnc(NC2=NS(=O)(=O)c3ccccc32)s1)Nc1ccc(F)cc1. The van der Waals surface area contributed by atoms with Crippen LogP contribution in [0.15, 0.2) is 62.2 Å². The number of nitrogens with one attached hydrogen (secondary N) is 2. The molecular formula is C18H14FN5O3S3. The monoisotopic (exact) mass is 463 g/mol. The van der Waals surface area contributed by atoms with Crippen molar-refractivity contribution < 1.29 is 17.6 Å². The number of carbonyl (C=O) groups is 1. The predicted octanol–water partition coefficient (Wildman–Crippen LogP) is 3.36. The fourth-order valence-electron chi connectivity index (χ4n) is 2.60. The number of sulfonamides is 1. The number of carbonyl (C=O) groups excluding carboxylic acids is 1. The first kappa shape index (κ1) is 20.4. The Morgan fingerprint density at radius 3 is 2.67 bits per heavy atom. The Balaban J connectivity index is 1.31. The van der Waals surface area contributed by atoms with Gasteiger partial charge in [-0.15, -0.1) is 14.6 Å². The first-order valence-electron chi connectivity index (χ1n) is 8.64. The van der Waals surface area contributed by atoms with Crippen LogP contribution in [-0.2, 0) is 14.8 Å². The van der Waals surface area contributed by atoms with E-state index in [0.29, 0.717) is 26.5 Å². The van der Waals surface area contributed by atoms with Crippen LogP contribution < -0.4 is 10.6 Å². The third kappa shape index (κ3) is 4.66. The van der Waals surface area contributed by atoms with Crippen LogP contribution in [0.3, 0.4) is 0 Å². The van der Waals surface area contributed by atoms with E-state index < -0.39 is 10.0 Å². The molecule has 0 atom stereocenters. The number of thioether (sulfide) groups is 1. The van der Waals surface area contributed by atoms with E-state index in [1.54, 1.807) is 18.2 Å². The predicted molar refractivity (Wildman–Crippen MR) is 114 cm³/mol. The second-order valence-corrected chi connectivity index (χ2v) is 9.95. The summed E-state index contributed by atoms with van der Waals surface area (Å²) in [5.41, 5.74) is 1.01. The molecular weight excluding hydrogens is 449 g/mol.